The van der Waals surface area contributed by atoms with E-state index in [1.807, 2.05) is 25.1 Å². The summed E-state index contributed by atoms with van der Waals surface area (Å²) in [5.41, 5.74) is 4.53. The molecule has 0 bridgehead atoms. The molecule has 0 aromatic heterocycles. The second-order valence-corrected chi connectivity index (χ2v) is 8.31. The molecule has 2 aromatic rings. The third kappa shape index (κ3) is 3.33. The highest BCUT2D eigenvalue weighted by molar-refractivity contribution is 8.26. The van der Waals surface area contributed by atoms with Crippen LogP contribution in [0.2, 0.25) is 5.02 Å². The van der Waals surface area contributed by atoms with Gasteiger partial charge in [-0.15, -0.1) is 0 Å². The lowest BCUT2D eigenvalue weighted by molar-refractivity contribution is -0.124. The summed E-state index contributed by atoms with van der Waals surface area (Å²) in [4.78, 5) is 40.3. The van der Waals surface area contributed by atoms with Crippen LogP contribution in [0.3, 0.4) is 0 Å². The zero-order valence-electron chi connectivity index (χ0n) is 15.1. The first-order valence-corrected chi connectivity index (χ1v) is 10.3. The van der Waals surface area contributed by atoms with Crippen molar-refractivity contribution in [1.29, 1.82) is 0 Å². The summed E-state index contributed by atoms with van der Waals surface area (Å²) in [6, 6.07) is 13.6. The minimum absolute atomic E-state index is 0.146. The van der Waals surface area contributed by atoms with E-state index in [4.69, 9.17) is 23.8 Å². The van der Waals surface area contributed by atoms with E-state index >= 15 is 0 Å². The summed E-state index contributed by atoms with van der Waals surface area (Å²) in [5.74, 6) is -1.31. The normalized spacial score (nSPS) is 18.5. The van der Waals surface area contributed by atoms with Crippen molar-refractivity contribution >= 4 is 68.9 Å². The van der Waals surface area contributed by atoms with E-state index in [1.54, 1.807) is 29.2 Å². The number of fused-ring (bicyclic) bond motifs is 1. The number of para-hydroxylation sites is 1. The molecule has 0 spiro atoms. The summed E-state index contributed by atoms with van der Waals surface area (Å²) in [6.45, 7) is 2.35. The number of likely N-dealkylation sites (N-methyl/N-ethyl adjacent to an activating group) is 1. The Bertz CT molecular complexity index is 1120. The number of carbonyl (C=O) groups excluding carboxylic acids is 3. The topological polar surface area (TPSA) is 69.7 Å². The van der Waals surface area contributed by atoms with Gasteiger partial charge in [-0.25, -0.2) is 0 Å². The Morgan fingerprint density at radius 1 is 1.14 bits per heavy atom. The Morgan fingerprint density at radius 3 is 2.62 bits per heavy atom. The van der Waals surface area contributed by atoms with E-state index in [-0.39, 0.29) is 15.1 Å². The third-order valence-corrected chi connectivity index (χ3v) is 6.14. The Labute approximate surface area is 181 Å². The van der Waals surface area contributed by atoms with Gasteiger partial charge >= 0.3 is 0 Å². The number of halogens is 1. The van der Waals surface area contributed by atoms with Crippen molar-refractivity contribution in [3.8, 4) is 0 Å². The Balaban J connectivity index is 1.68. The SMILES string of the molecule is CCN1C(=O)C(=C2SC(=S)N(NC(=O)c3cccc(Cl)c3)C2=O)c2ccccc21. The van der Waals surface area contributed by atoms with Gasteiger partial charge in [0.15, 0.2) is 4.32 Å². The molecule has 0 radical (unpaired) electrons. The lowest BCUT2D eigenvalue weighted by Gasteiger charge is -2.16. The molecule has 0 saturated carbocycles. The van der Waals surface area contributed by atoms with Crippen LogP contribution in [-0.2, 0) is 9.59 Å². The monoisotopic (exact) mass is 443 g/mol. The maximum atomic E-state index is 13.0. The first kappa shape index (κ1) is 19.6. The van der Waals surface area contributed by atoms with Crippen molar-refractivity contribution in [2.75, 3.05) is 11.4 Å². The molecule has 2 aromatic carbocycles. The number of thioether (sulfide) groups is 1. The molecule has 0 aliphatic carbocycles. The van der Waals surface area contributed by atoms with E-state index in [1.165, 1.54) is 6.07 Å². The van der Waals surface area contributed by atoms with Gasteiger partial charge in [-0.3, -0.25) is 19.8 Å². The molecule has 0 atom stereocenters. The van der Waals surface area contributed by atoms with Crippen LogP contribution in [0, 0.1) is 0 Å². The fraction of sp³-hybridized carbons (Fsp3) is 0.100. The molecule has 2 heterocycles. The molecule has 29 heavy (non-hydrogen) atoms. The maximum Gasteiger partial charge on any atom is 0.286 e. The maximum absolute atomic E-state index is 13.0. The van der Waals surface area contributed by atoms with E-state index in [0.29, 0.717) is 28.3 Å². The number of nitrogens with one attached hydrogen (secondary N) is 1. The number of hydrogen-bond acceptors (Lipinski definition) is 5. The van der Waals surface area contributed by atoms with Crippen molar-refractivity contribution in [2.45, 2.75) is 6.92 Å². The Hall–Kier alpha value is -2.68. The lowest BCUT2D eigenvalue weighted by atomic mass is 10.1. The quantitative estimate of drug-likeness (QED) is 0.579. The number of benzene rings is 2. The van der Waals surface area contributed by atoms with Crippen LogP contribution < -0.4 is 10.3 Å². The zero-order chi connectivity index (χ0) is 20.7. The largest absolute Gasteiger partial charge is 0.308 e. The molecule has 2 aliphatic heterocycles. The van der Waals surface area contributed by atoms with E-state index in [0.717, 1.165) is 22.5 Å². The van der Waals surface area contributed by atoms with E-state index in [9.17, 15) is 14.4 Å². The highest BCUT2D eigenvalue weighted by atomic mass is 35.5. The minimum Gasteiger partial charge on any atom is -0.308 e. The van der Waals surface area contributed by atoms with E-state index in [2.05, 4.69) is 5.43 Å². The summed E-state index contributed by atoms with van der Waals surface area (Å²) in [6.07, 6.45) is 0. The molecule has 1 saturated heterocycles. The van der Waals surface area contributed by atoms with Crippen molar-refractivity contribution in [3.05, 3.63) is 69.6 Å². The molecular weight excluding hydrogens is 430 g/mol. The molecule has 9 heteroatoms. The standard InChI is InChI=1S/C20H14ClN3O3S2/c1-2-23-14-9-4-3-8-13(14)15(18(23)26)16-19(27)24(20(28)29-16)22-17(25)11-6-5-7-12(21)10-11/h3-10H,2H2,1H3,(H,22,25). The van der Waals surface area contributed by atoms with Crippen molar-refractivity contribution in [2.24, 2.45) is 0 Å². The molecule has 1 fully saturated rings. The van der Waals surface area contributed by atoms with Crippen LogP contribution >= 0.6 is 35.6 Å². The van der Waals surface area contributed by atoms with Gasteiger partial charge in [0.1, 0.15) is 0 Å². The predicted molar refractivity (Wildman–Crippen MR) is 117 cm³/mol. The fourth-order valence-corrected chi connectivity index (χ4v) is 4.67. The highest BCUT2D eigenvalue weighted by Gasteiger charge is 2.42. The van der Waals surface area contributed by atoms with Gasteiger partial charge < -0.3 is 4.90 Å². The minimum atomic E-state index is -0.536. The number of carbonyl (C=O) groups is 3. The summed E-state index contributed by atoms with van der Waals surface area (Å²) < 4.78 is 0.146. The van der Waals surface area contributed by atoms with Crippen molar-refractivity contribution in [3.63, 3.8) is 0 Å². The highest BCUT2D eigenvalue weighted by Crippen LogP contribution is 2.44. The molecule has 1 N–H and O–H groups in total. The van der Waals surface area contributed by atoms with Gasteiger partial charge in [-0.2, -0.15) is 5.01 Å². The first-order chi connectivity index (χ1) is 13.9. The number of nitrogens with zero attached hydrogens (tertiary/aromatic N) is 2. The van der Waals surface area contributed by atoms with Crippen LogP contribution in [0.4, 0.5) is 5.69 Å². The van der Waals surface area contributed by atoms with Crippen LogP contribution in [0.5, 0.6) is 0 Å². The third-order valence-electron chi connectivity index (χ3n) is 4.54. The molecule has 4 rings (SSSR count). The smallest absolute Gasteiger partial charge is 0.286 e. The van der Waals surface area contributed by atoms with Gasteiger partial charge in [0.2, 0.25) is 0 Å². The van der Waals surface area contributed by atoms with Gasteiger partial charge in [0.25, 0.3) is 17.7 Å². The lowest BCUT2D eigenvalue weighted by Crippen LogP contribution is -2.45. The number of amides is 3. The first-order valence-electron chi connectivity index (χ1n) is 8.70. The Morgan fingerprint density at radius 2 is 1.90 bits per heavy atom. The number of anilines is 1. The van der Waals surface area contributed by atoms with Crippen LogP contribution in [0.15, 0.2) is 53.4 Å². The van der Waals surface area contributed by atoms with Crippen LogP contribution in [-0.4, -0.2) is 33.6 Å². The van der Waals surface area contributed by atoms with Crippen molar-refractivity contribution in [1.82, 2.24) is 10.4 Å². The second kappa shape index (κ2) is 7.62. The molecule has 146 valence electrons. The second-order valence-electron chi connectivity index (χ2n) is 6.23. The van der Waals surface area contributed by atoms with Gasteiger partial charge in [-0.05, 0) is 43.4 Å². The van der Waals surface area contributed by atoms with Gasteiger partial charge in [-0.1, -0.05) is 47.6 Å². The Kier molecular flexibility index (Phi) is 5.16. The molecule has 6 nitrogen and oxygen atoms in total. The van der Waals surface area contributed by atoms with Crippen LogP contribution in [0.1, 0.15) is 22.8 Å². The summed E-state index contributed by atoms with van der Waals surface area (Å²) in [5, 5.41) is 1.40. The zero-order valence-corrected chi connectivity index (χ0v) is 17.5. The number of rotatable bonds is 3. The molecule has 0 unspecified atom stereocenters. The van der Waals surface area contributed by atoms with E-state index < -0.39 is 11.8 Å². The van der Waals surface area contributed by atoms with Gasteiger partial charge in [0, 0.05) is 22.7 Å². The molecule has 2 aliphatic rings. The van der Waals surface area contributed by atoms with Crippen LogP contribution in [0.25, 0.3) is 5.57 Å². The number of hydrogen-bond donors (Lipinski definition) is 1. The predicted octanol–water partition coefficient (Wildman–Crippen LogP) is 3.62. The average molecular weight is 444 g/mol. The van der Waals surface area contributed by atoms with Crippen molar-refractivity contribution < 1.29 is 14.4 Å². The summed E-state index contributed by atoms with van der Waals surface area (Å²) >= 11 is 12.2. The molecular formula is C20H14ClN3O3S2. The molecule has 3 amide bonds. The fourth-order valence-electron chi connectivity index (χ4n) is 3.22. The summed E-state index contributed by atoms with van der Waals surface area (Å²) in [7, 11) is 0. The average Bonchev–Trinajstić information content (AvgIpc) is 3.14. The number of hydrazine groups is 1. The number of thiocarbonyl (C=S) groups is 1. The van der Waals surface area contributed by atoms with Gasteiger partial charge in [0.05, 0.1) is 16.2 Å².